The topological polar surface area (TPSA) is 71.1 Å². The van der Waals surface area contributed by atoms with Crippen molar-refractivity contribution in [1.82, 2.24) is 4.98 Å². The highest BCUT2D eigenvalue weighted by molar-refractivity contribution is 7.94. The summed E-state index contributed by atoms with van der Waals surface area (Å²) in [6.45, 7) is 4.94. The molecular formula is C14H19N3O2S2. The van der Waals surface area contributed by atoms with Gasteiger partial charge in [0.25, 0.3) is 10.0 Å². The van der Waals surface area contributed by atoms with E-state index in [1.54, 1.807) is 18.3 Å². The Bertz CT molecular complexity index is 678. The number of aryl methyl sites for hydroxylation is 1. The van der Waals surface area contributed by atoms with Crippen molar-refractivity contribution in [3.05, 3.63) is 35.3 Å². The van der Waals surface area contributed by atoms with Gasteiger partial charge in [0, 0.05) is 11.4 Å². The Morgan fingerprint density at radius 3 is 2.57 bits per heavy atom. The van der Waals surface area contributed by atoms with Crippen LogP contribution < -0.4 is 10.0 Å². The average molecular weight is 325 g/mol. The first-order valence-electron chi connectivity index (χ1n) is 6.86. The van der Waals surface area contributed by atoms with Crippen molar-refractivity contribution in [2.45, 2.75) is 30.9 Å². The zero-order valence-electron chi connectivity index (χ0n) is 12.1. The Morgan fingerprint density at radius 1 is 1.19 bits per heavy atom. The van der Waals surface area contributed by atoms with Crippen molar-refractivity contribution in [3.63, 3.8) is 0 Å². The van der Waals surface area contributed by atoms with E-state index in [-0.39, 0.29) is 0 Å². The summed E-state index contributed by atoms with van der Waals surface area (Å²) in [4.78, 5) is 5.17. The largest absolute Gasteiger partial charge is 0.384 e. The zero-order chi connectivity index (χ0) is 15.3. The molecule has 0 aliphatic carbocycles. The summed E-state index contributed by atoms with van der Waals surface area (Å²) in [7, 11) is -3.55. The summed E-state index contributed by atoms with van der Waals surface area (Å²) in [5.74, 6) is 0.323. The fourth-order valence-electron chi connectivity index (χ4n) is 1.71. The van der Waals surface area contributed by atoms with Crippen LogP contribution in [0, 0.1) is 0 Å². The number of sulfonamides is 1. The van der Waals surface area contributed by atoms with Gasteiger partial charge in [0.1, 0.15) is 10.0 Å². The maximum Gasteiger partial charge on any atom is 0.272 e. The lowest BCUT2D eigenvalue weighted by Crippen LogP contribution is -2.12. The predicted molar refractivity (Wildman–Crippen MR) is 87.5 cm³/mol. The fraction of sp³-hybridized carbons (Fsp3) is 0.357. The molecule has 0 unspecified atom stereocenters. The number of hydrogen-bond acceptors (Lipinski definition) is 5. The molecule has 2 rings (SSSR count). The van der Waals surface area contributed by atoms with E-state index < -0.39 is 10.0 Å². The van der Waals surface area contributed by atoms with E-state index in [9.17, 15) is 8.42 Å². The summed E-state index contributed by atoms with van der Waals surface area (Å²) in [5.41, 5.74) is 0.879. The number of anilines is 2. The molecule has 0 aliphatic heterocycles. The van der Waals surface area contributed by atoms with Crippen LogP contribution in [-0.2, 0) is 16.4 Å². The second-order valence-electron chi connectivity index (χ2n) is 4.54. The van der Waals surface area contributed by atoms with Gasteiger partial charge in [-0.1, -0.05) is 13.8 Å². The highest BCUT2D eigenvalue weighted by Crippen LogP contribution is 2.24. The number of pyridine rings is 1. The zero-order valence-corrected chi connectivity index (χ0v) is 13.7. The summed E-state index contributed by atoms with van der Waals surface area (Å²) < 4.78 is 27.3. The molecule has 0 bridgehead atoms. The van der Waals surface area contributed by atoms with Crippen LogP contribution in [0.25, 0.3) is 0 Å². The number of thiophene rings is 1. The molecule has 21 heavy (non-hydrogen) atoms. The van der Waals surface area contributed by atoms with E-state index >= 15 is 0 Å². The standard InChI is InChI=1S/C14H19N3O2S2/c1-3-9-15-11-5-7-13(16-10-11)17-21(18,19)14-8-6-12(4-2)20-14/h5-8,10,15H,3-4,9H2,1-2H3,(H,16,17). The Labute approximate surface area is 129 Å². The third kappa shape index (κ3) is 4.18. The lowest BCUT2D eigenvalue weighted by molar-refractivity contribution is 0.603. The normalized spacial score (nSPS) is 11.3. The number of aromatic nitrogens is 1. The second-order valence-corrected chi connectivity index (χ2v) is 7.62. The summed E-state index contributed by atoms with van der Waals surface area (Å²) in [6.07, 6.45) is 3.47. The molecule has 0 saturated carbocycles. The highest BCUT2D eigenvalue weighted by Gasteiger charge is 2.17. The van der Waals surface area contributed by atoms with Gasteiger partial charge < -0.3 is 5.32 Å². The van der Waals surface area contributed by atoms with Crippen molar-refractivity contribution in [1.29, 1.82) is 0 Å². The number of nitrogens with one attached hydrogen (secondary N) is 2. The van der Waals surface area contributed by atoms with Crippen molar-refractivity contribution < 1.29 is 8.42 Å². The molecule has 0 atom stereocenters. The number of hydrogen-bond donors (Lipinski definition) is 2. The first kappa shape index (κ1) is 15.8. The third-order valence-electron chi connectivity index (χ3n) is 2.83. The van der Waals surface area contributed by atoms with Gasteiger partial charge in [-0.3, -0.25) is 4.72 Å². The molecule has 5 nitrogen and oxygen atoms in total. The quantitative estimate of drug-likeness (QED) is 0.819. The molecular weight excluding hydrogens is 306 g/mol. The number of nitrogens with zero attached hydrogens (tertiary/aromatic N) is 1. The molecule has 2 heterocycles. The van der Waals surface area contributed by atoms with E-state index in [0.717, 1.165) is 30.0 Å². The van der Waals surface area contributed by atoms with Crippen LogP contribution >= 0.6 is 11.3 Å². The Kier molecular flexibility index (Phi) is 5.19. The minimum atomic E-state index is -3.55. The van der Waals surface area contributed by atoms with Gasteiger partial charge in [-0.25, -0.2) is 13.4 Å². The van der Waals surface area contributed by atoms with Crippen molar-refractivity contribution >= 4 is 32.9 Å². The van der Waals surface area contributed by atoms with E-state index in [2.05, 4.69) is 21.9 Å². The molecule has 114 valence electrons. The minimum absolute atomic E-state index is 0.314. The van der Waals surface area contributed by atoms with Crippen molar-refractivity contribution in [2.24, 2.45) is 0 Å². The summed E-state index contributed by atoms with van der Waals surface area (Å²) >= 11 is 1.28. The van der Waals surface area contributed by atoms with Crippen LogP contribution in [0.5, 0.6) is 0 Å². The Balaban J connectivity index is 2.09. The van der Waals surface area contributed by atoms with Crippen LogP contribution in [0.3, 0.4) is 0 Å². The monoisotopic (exact) mass is 325 g/mol. The van der Waals surface area contributed by atoms with Crippen LogP contribution in [0.15, 0.2) is 34.7 Å². The van der Waals surface area contributed by atoms with Crippen molar-refractivity contribution in [3.8, 4) is 0 Å². The molecule has 2 aromatic rings. The molecule has 0 aliphatic rings. The first-order chi connectivity index (χ1) is 10.0. The SMILES string of the molecule is CCCNc1ccc(NS(=O)(=O)c2ccc(CC)s2)nc1. The Morgan fingerprint density at radius 2 is 2.00 bits per heavy atom. The molecule has 2 N–H and O–H groups in total. The van der Waals surface area contributed by atoms with Gasteiger partial charge in [-0.2, -0.15) is 0 Å². The van der Waals surface area contributed by atoms with Gasteiger partial charge >= 0.3 is 0 Å². The predicted octanol–water partition coefficient (Wildman–Crippen LogP) is 3.33. The van der Waals surface area contributed by atoms with Crippen LogP contribution in [-0.4, -0.2) is 19.9 Å². The first-order valence-corrected chi connectivity index (χ1v) is 9.16. The van der Waals surface area contributed by atoms with Crippen LogP contribution in [0.4, 0.5) is 11.5 Å². The van der Waals surface area contributed by atoms with Gasteiger partial charge in [0.2, 0.25) is 0 Å². The van der Waals surface area contributed by atoms with E-state index in [0.29, 0.717) is 10.0 Å². The van der Waals surface area contributed by atoms with Crippen LogP contribution in [0.1, 0.15) is 25.1 Å². The van der Waals surface area contributed by atoms with E-state index in [1.165, 1.54) is 11.3 Å². The maximum atomic E-state index is 12.2. The van der Waals surface area contributed by atoms with E-state index in [1.807, 2.05) is 19.1 Å². The minimum Gasteiger partial charge on any atom is -0.384 e. The summed E-state index contributed by atoms with van der Waals surface area (Å²) in [6, 6.07) is 6.93. The lowest BCUT2D eigenvalue weighted by Gasteiger charge is -2.07. The smallest absolute Gasteiger partial charge is 0.272 e. The van der Waals surface area contributed by atoms with Gasteiger partial charge in [-0.05, 0) is 37.1 Å². The van der Waals surface area contributed by atoms with Crippen molar-refractivity contribution in [2.75, 3.05) is 16.6 Å². The molecule has 0 saturated heterocycles. The highest BCUT2D eigenvalue weighted by atomic mass is 32.2. The van der Waals surface area contributed by atoms with Gasteiger partial charge in [-0.15, -0.1) is 11.3 Å². The van der Waals surface area contributed by atoms with Crippen LogP contribution in [0.2, 0.25) is 0 Å². The lowest BCUT2D eigenvalue weighted by atomic mass is 10.4. The molecule has 7 heteroatoms. The molecule has 2 aromatic heterocycles. The second kappa shape index (κ2) is 6.91. The molecule has 0 aromatic carbocycles. The molecule has 0 spiro atoms. The van der Waals surface area contributed by atoms with E-state index in [4.69, 9.17) is 0 Å². The average Bonchev–Trinajstić information content (AvgIpc) is 2.96. The number of rotatable bonds is 7. The summed E-state index contributed by atoms with van der Waals surface area (Å²) in [5, 5.41) is 3.19. The maximum absolute atomic E-state index is 12.2. The third-order valence-corrected chi connectivity index (χ3v) is 5.91. The molecule has 0 amide bonds. The Hall–Kier alpha value is -1.60. The molecule has 0 radical (unpaired) electrons. The fourth-order valence-corrected chi connectivity index (χ4v) is 4.01. The molecule has 0 fully saturated rings. The van der Waals surface area contributed by atoms with Gasteiger partial charge in [0.05, 0.1) is 11.9 Å². The van der Waals surface area contributed by atoms with Gasteiger partial charge in [0.15, 0.2) is 0 Å².